The predicted octanol–water partition coefficient (Wildman–Crippen LogP) is 4.70. The molecule has 1 unspecified atom stereocenters. The smallest absolute Gasteiger partial charge is 0.126 e. The fraction of sp³-hybridized carbons (Fsp3) is 0.250. The van der Waals surface area contributed by atoms with Crippen LogP contribution in [0.15, 0.2) is 47.4 Å². The van der Waals surface area contributed by atoms with Gasteiger partial charge in [0.25, 0.3) is 0 Å². The van der Waals surface area contributed by atoms with Gasteiger partial charge < -0.3 is 5.32 Å². The minimum Gasteiger partial charge on any atom is -0.313 e. The van der Waals surface area contributed by atoms with Gasteiger partial charge in [0.2, 0.25) is 0 Å². The van der Waals surface area contributed by atoms with E-state index in [9.17, 15) is 4.39 Å². The van der Waals surface area contributed by atoms with Crippen molar-refractivity contribution in [1.29, 1.82) is 0 Å². The molecule has 0 bridgehead atoms. The third-order valence-corrected chi connectivity index (χ3v) is 4.34. The van der Waals surface area contributed by atoms with Crippen molar-refractivity contribution in [2.24, 2.45) is 0 Å². The molecule has 0 aliphatic rings. The number of likely N-dealkylation sites (N-methyl/N-ethyl adjacent to an activating group) is 1. The quantitative estimate of drug-likeness (QED) is 0.803. The van der Waals surface area contributed by atoms with Crippen LogP contribution in [0.1, 0.15) is 17.2 Å². The van der Waals surface area contributed by atoms with Gasteiger partial charge >= 0.3 is 0 Å². The van der Waals surface area contributed by atoms with Crippen LogP contribution in [0.3, 0.4) is 0 Å². The third kappa shape index (κ3) is 3.54. The Kier molecular flexibility index (Phi) is 5.46. The number of rotatable bonds is 5. The molecule has 0 spiro atoms. The molecule has 4 heteroatoms. The summed E-state index contributed by atoms with van der Waals surface area (Å²) in [5, 5.41) is 3.83. The minimum absolute atomic E-state index is 0.0617. The Bertz CT molecular complexity index is 588. The van der Waals surface area contributed by atoms with Crippen LogP contribution in [0, 0.1) is 5.82 Å². The fourth-order valence-corrected chi connectivity index (χ4v) is 3.10. The Morgan fingerprint density at radius 3 is 2.70 bits per heavy atom. The lowest BCUT2D eigenvalue weighted by Crippen LogP contribution is -2.20. The van der Waals surface area contributed by atoms with Crippen molar-refractivity contribution in [2.75, 3.05) is 13.3 Å². The van der Waals surface area contributed by atoms with Gasteiger partial charge in [0.05, 0.1) is 0 Å². The molecule has 0 saturated heterocycles. The molecule has 0 aliphatic heterocycles. The summed E-state index contributed by atoms with van der Waals surface area (Å²) in [7, 11) is 1.89. The second-order valence-corrected chi connectivity index (χ2v) is 5.81. The van der Waals surface area contributed by atoms with Crippen LogP contribution in [0.25, 0.3) is 0 Å². The summed E-state index contributed by atoms with van der Waals surface area (Å²) in [5.41, 5.74) is 1.81. The normalized spacial score (nSPS) is 12.4. The van der Waals surface area contributed by atoms with E-state index in [1.54, 1.807) is 23.9 Å². The number of halogens is 2. The first kappa shape index (κ1) is 15.4. The number of thioether (sulfide) groups is 1. The van der Waals surface area contributed by atoms with Crippen molar-refractivity contribution in [3.63, 3.8) is 0 Å². The summed E-state index contributed by atoms with van der Waals surface area (Å²) in [6.45, 7) is 0. The molecule has 0 amide bonds. The predicted molar refractivity (Wildman–Crippen MR) is 85.1 cm³/mol. The van der Waals surface area contributed by atoms with E-state index in [0.29, 0.717) is 17.0 Å². The highest BCUT2D eigenvalue weighted by atomic mass is 35.5. The van der Waals surface area contributed by atoms with E-state index in [1.165, 1.54) is 16.5 Å². The van der Waals surface area contributed by atoms with Crippen molar-refractivity contribution in [2.45, 2.75) is 17.4 Å². The zero-order chi connectivity index (χ0) is 14.5. The summed E-state index contributed by atoms with van der Waals surface area (Å²) in [6.07, 6.45) is 2.62. The monoisotopic (exact) mass is 309 g/mol. The van der Waals surface area contributed by atoms with E-state index < -0.39 is 0 Å². The molecule has 0 aromatic heterocycles. The zero-order valence-corrected chi connectivity index (χ0v) is 13.1. The fourth-order valence-electron chi connectivity index (χ4n) is 2.24. The molecule has 2 rings (SSSR count). The first-order valence-electron chi connectivity index (χ1n) is 6.39. The average Bonchev–Trinajstić information content (AvgIpc) is 2.48. The average molecular weight is 310 g/mol. The van der Waals surface area contributed by atoms with Gasteiger partial charge in [-0.1, -0.05) is 29.8 Å². The summed E-state index contributed by atoms with van der Waals surface area (Å²) in [5.74, 6) is -0.212. The first-order valence-corrected chi connectivity index (χ1v) is 8.00. The SMILES string of the molecule is CNC(Cc1cc(Cl)ccc1F)c1ccccc1SC. The van der Waals surface area contributed by atoms with Crippen molar-refractivity contribution in [3.8, 4) is 0 Å². The van der Waals surface area contributed by atoms with Gasteiger partial charge in [-0.25, -0.2) is 4.39 Å². The highest BCUT2D eigenvalue weighted by molar-refractivity contribution is 7.98. The molecule has 0 fully saturated rings. The maximum Gasteiger partial charge on any atom is 0.126 e. The van der Waals surface area contributed by atoms with Crippen molar-refractivity contribution in [3.05, 3.63) is 64.4 Å². The second kappa shape index (κ2) is 7.11. The molecular weight excluding hydrogens is 293 g/mol. The molecular formula is C16H17ClFNS. The van der Waals surface area contributed by atoms with Crippen LogP contribution in [0.2, 0.25) is 5.02 Å². The van der Waals surface area contributed by atoms with Gasteiger partial charge in [-0.05, 0) is 55.1 Å². The van der Waals surface area contributed by atoms with Crippen LogP contribution >= 0.6 is 23.4 Å². The van der Waals surface area contributed by atoms with E-state index >= 15 is 0 Å². The van der Waals surface area contributed by atoms with E-state index in [1.807, 2.05) is 25.4 Å². The molecule has 1 N–H and O–H groups in total. The van der Waals surface area contributed by atoms with Gasteiger partial charge in [0.1, 0.15) is 5.82 Å². The van der Waals surface area contributed by atoms with Gasteiger partial charge in [-0.15, -0.1) is 11.8 Å². The summed E-state index contributed by atoms with van der Waals surface area (Å²) in [4.78, 5) is 1.20. The molecule has 1 atom stereocenters. The number of hydrogen-bond acceptors (Lipinski definition) is 2. The van der Waals surface area contributed by atoms with Gasteiger partial charge in [-0.3, -0.25) is 0 Å². The largest absolute Gasteiger partial charge is 0.313 e. The van der Waals surface area contributed by atoms with Crippen molar-refractivity contribution >= 4 is 23.4 Å². The number of benzene rings is 2. The molecule has 106 valence electrons. The lowest BCUT2D eigenvalue weighted by molar-refractivity contribution is 0.549. The maximum atomic E-state index is 13.9. The van der Waals surface area contributed by atoms with Gasteiger partial charge in [0, 0.05) is 16.0 Å². The molecule has 2 aromatic carbocycles. The Balaban J connectivity index is 2.31. The Morgan fingerprint density at radius 1 is 1.25 bits per heavy atom. The topological polar surface area (TPSA) is 12.0 Å². The summed E-state index contributed by atoms with van der Waals surface area (Å²) in [6, 6.07) is 12.9. The van der Waals surface area contributed by atoms with E-state index in [4.69, 9.17) is 11.6 Å². The maximum absolute atomic E-state index is 13.9. The third-order valence-electron chi connectivity index (χ3n) is 3.29. The number of nitrogens with one attached hydrogen (secondary N) is 1. The van der Waals surface area contributed by atoms with Crippen LogP contribution in [-0.2, 0) is 6.42 Å². The highest BCUT2D eigenvalue weighted by Crippen LogP contribution is 2.29. The van der Waals surface area contributed by atoms with Crippen molar-refractivity contribution in [1.82, 2.24) is 5.32 Å². The van der Waals surface area contributed by atoms with Crippen LogP contribution in [-0.4, -0.2) is 13.3 Å². The van der Waals surface area contributed by atoms with Gasteiger partial charge in [0.15, 0.2) is 0 Å². The Hall–Kier alpha value is -1.03. The van der Waals surface area contributed by atoms with Crippen LogP contribution < -0.4 is 5.32 Å². The van der Waals surface area contributed by atoms with Crippen molar-refractivity contribution < 1.29 is 4.39 Å². The first-order chi connectivity index (χ1) is 9.65. The zero-order valence-electron chi connectivity index (χ0n) is 11.5. The highest BCUT2D eigenvalue weighted by Gasteiger charge is 2.16. The summed E-state index contributed by atoms with van der Waals surface area (Å²) < 4.78 is 13.9. The molecule has 0 radical (unpaired) electrons. The number of hydrogen-bond donors (Lipinski definition) is 1. The second-order valence-electron chi connectivity index (χ2n) is 4.52. The Morgan fingerprint density at radius 2 is 2.00 bits per heavy atom. The van der Waals surface area contributed by atoms with Gasteiger partial charge in [-0.2, -0.15) is 0 Å². The summed E-state index contributed by atoms with van der Waals surface area (Å²) >= 11 is 7.65. The minimum atomic E-state index is -0.212. The van der Waals surface area contributed by atoms with Crippen LogP contribution in [0.4, 0.5) is 4.39 Å². The lowest BCUT2D eigenvalue weighted by atomic mass is 9.98. The molecule has 0 saturated carbocycles. The van der Waals surface area contributed by atoms with Crippen LogP contribution in [0.5, 0.6) is 0 Å². The molecule has 0 aliphatic carbocycles. The lowest BCUT2D eigenvalue weighted by Gasteiger charge is -2.20. The molecule has 20 heavy (non-hydrogen) atoms. The van der Waals surface area contributed by atoms with E-state index in [-0.39, 0.29) is 11.9 Å². The molecule has 0 heterocycles. The standard InChI is InChI=1S/C16H17ClFNS/c1-19-15(13-5-3-4-6-16(13)20-2)10-11-9-12(17)7-8-14(11)18/h3-9,15,19H,10H2,1-2H3. The molecule has 2 aromatic rings. The Labute approximate surface area is 128 Å². The van der Waals surface area contributed by atoms with E-state index in [0.717, 1.165) is 0 Å². The van der Waals surface area contributed by atoms with E-state index in [2.05, 4.69) is 17.4 Å². The molecule has 1 nitrogen and oxygen atoms in total.